The number of nitrogens with two attached hydrogens (primary N) is 6. The average Bonchev–Trinajstić information content (AvgIpc) is 2.74. The van der Waals surface area contributed by atoms with Gasteiger partial charge in [0.1, 0.15) is 18.3 Å². The number of hydrogen-bond donors (Lipinski definition) is 8. The molecule has 0 spiro atoms. The van der Waals surface area contributed by atoms with Gasteiger partial charge in [0, 0.05) is 32.2 Å². The first-order chi connectivity index (χ1) is 14.7. The first kappa shape index (κ1) is 25.1. The zero-order chi connectivity index (χ0) is 22.9. The van der Waals surface area contributed by atoms with Gasteiger partial charge in [0.25, 0.3) is 0 Å². The predicted octanol–water partition coefficient (Wildman–Crippen LogP) is -5.04. The van der Waals surface area contributed by atoms with Crippen LogP contribution in [0.5, 0.6) is 0 Å². The highest BCUT2D eigenvalue weighted by molar-refractivity contribution is 5.01. The van der Waals surface area contributed by atoms with E-state index in [-0.39, 0.29) is 19.3 Å². The van der Waals surface area contributed by atoms with Crippen molar-refractivity contribution in [3.8, 4) is 0 Å². The minimum atomic E-state index is -1.22. The Bertz CT molecular complexity index is 580. The maximum Gasteiger partial charge on any atom is 0.176 e. The smallest absolute Gasteiger partial charge is 0.176 e. The molecule has 1 saturated carbocycles. The third kappa shape index (κ3) is 5.35. The Balaban J connectivity index is 1.68. The van der Waals surface area contributed by atoms with Crippen molar-refractivity contribution in [3.05, 3.63) is 0 Å². The molecular formula is C18H38N6O7. The molecule has 0 unspecified atom stereocenters. The molecule has 13 atom stereocenters. The molecule has 2 aliphatic heterocycles. The van der Waals surface area contributed by atoms with Gasteiger partial charge in [-0.15, -0.1) is 0 Å². The fourth-order valence-electron chi connectivity index (χ4n) is 4.36. The molecule has 3 fully saturated rings. The van der Waals surface area contributed by atoms with Crippen LogP contribution in [-0.2, 0) is 23.7 Å². The van der Waals surface area contributed by atoms with Crippen LogP contribution in [0.15, 0.2) is 0 Å². The number of aliphatic hydroxyl groups is 2. The third-order valence-corrected chi connectivity index (χ3v) is 6.41. The molecule has 182 valence electrons. The molecule has 0 bridgehead atoms. The molecule has 3 rings (SSSR count). The van der Waals surface area contributed by atoms with Gasteiger partial charge >= 0.3 is 0 Å². The summed E-state index contributed by atoms with van der Waals surface area (Å²) in [5.74, 6) is 0. The van der Waals surface area contributed by atoms with Crippen molar-refractivity contribution < 1.29 is 33.9 Å². The molecule has 0 aromatic heterocycles. The first-order valence-corrected chi connectivity index (χ1v) is 10.6. The van der Waals surface area contributed by atoms with E-state index in [0.717, 1.165) is 0 Å². The Hall–Kier alpha value is -0.520. The van der Waals surface area contributed by atoms with Gasteiger partial charge in [0.15, 0.2) is 12.6 Å². The molecule has 0 aromatic carbocycles. The third-order valence-electron chi connectivity index (χ3n) is 6.41. The summed E-state index contributed by atoms with van der Waals surface area (Å²) in [7, 11) is 1.52. The second-order valence-electron chi connectivity index (χ2n) is 8.63. The first-order valence-electron chi connectivity index (χ1n) is 10.6. The average molecular weight is 451 g/mol. The summed E-state index contributed by atoms with van der Waals surface area (Å²) in [5.41, 5.74) is 36.4. The maximum absolute atomic E-state index is 11.0. The van der Waals surface area contributed by atoms with Crippen LogP contribution in [0.2, 0.25) is 0 Å². The number of rotatable bonds is 6. The van der Waals surface area contributed by atoms with Crippen molar-refractivity contribution in [3.63, 3.8) is 0 Å². The van der Waals surface area contributed by atoms with E-state index in [1.54, 1.807) is 0 Å². The van der Waals surface area contributed by atoms with E-state index >= 15 is 0 Å². The lowest BCUT2D eigenvalue weighted by atomic mass is 9.84. The largest absolute Gasteiger partial charge is 0.391 e. The van der Waals surface area contributed by atoms with Crippen molar-refractivity contribution in [2.24, 2.45) is 34.4 Å². The van der Waals surface area contributed by atoms with Gasteiger partial charge in [-0.2, -0.15) is 0 Å². The van der Waals surface area contributed by atoms with Crippen molar-refractivity contribution in [2.45, 2.75) is 92.3 Å². The molecule has 0 aromatic rings. The van der Waals surface area contributed by atoms with Crippen LogP contribution < -0.4 is 34.4 Å². The SMILES string of the molecule is CO[C@@H]1CO[C@H](O[C@@H]2[C@@H](O)[C@H](O[C@H]3O[C@H](CN)C[C@H](O)[C@H]3N)[C@@H](N)C[C@H]2N)[C@@H](N)[C@H]1N. The Morgan fingerprint density at radius 3 is 2.06 bits per heavy atom. The van der Waals surface area contributed by atoms with E-state index < -0.39 is 73.3 Å². The molecule has 13 heteroatoms. The van der Waals surface area contributed by atoms with Crippen LogP contribution in [0.1, 0.15) is 12.8 Å². The van der Waals surface area contributed by atoms with Crippen LogP contribution in [0.25, 0.3) is 0 Å². The Kier molecular flexibility index (Phi) is 8.59. The summed E-state index contributed by atoms with van der Waals surface area (Å²) >= 11 is 0. The van der Waals surface area contributed by atoms with Crippen molar-refractivity contribution in [1.82, 2.24) is 0 Å². The van der Waals surface area contributed by atoms with E-state index in [2.05, 4.69) is 0 Å². The normalized spacial score (nSPS) is 51.6. The van der Waals surface area contributed by atoms with Crippen molar-refractivity contribution in [1.29, 1.82) is 0 Å². The van der Waals surface area contributed by atoms with Gasteiger partial charge < -0.3 is 68.3 Å². The van der Waals surface area contributed by atoms with Crippen molar-refractivity contribution in [2.75, 3.05) is 20.3 Å². The molecule has 3 aliphatic rings. The fraction of sp³-hybridized carbons (Fsp3) is 1.00. The summed E-state index contributed by atoms with van der Waals surface area (Å²) < 4.78 is 28.5. The molecular weight excluding hydrogens is 412 g/mol. The Morgan fingerprint density at radius 2 is 1.48 bits per heavy atom. The molecule has 13 nitrogen and oxygen atoms in total. The Morgan fingerprint density at radius 1 is 0.871 bits per heavy atom. The molecule has 2 heterocycles. The molecule has 14 N–H and O–H groups in total. The minimum Gasteiger partial charge on any atom is -0.391 e. The number of hydrogen-bond acceptors (Lipinski definition) is 13. The highest BCUT2D eigenvalue weighted by Gasteiger charge is 2.48. The molecule has 31 heavy (non-hydrogen) atoms. The maximum atomic E-state index is 11.0. The van der Waals surface area contributed by atoms with Crippen LogP contribution in [-0.4, -0.2) is 110 Å². The lowest BCUT2D eigenvalue weighted by Crippen LogP contribution is -2.68. The number of ether oxygens (including phenoxy) is 5. The van der Waals surface area contributed by atoms with Gasteiger partial charge in [0.05, 0.1) is 43.0 Å². The van der Waals surface area contributed by atoms with Crippen molar-refractivity contribution >= 4 is 0 Å². The number of methoxy groups -OCH3 is 1. The van der Waals surface area contributed by atoms with Gasteiger partial charge in [-0.05, 0) is 6.42 Å². The molecule has 1 aliphatic carbocycles. The highest BCUT2D eigenvalue weighted by Crippen LogP contribution is 2.29. The second-order valence-corrected chi connectivity index (χ2v) is 8.63. The lowest BCUT2D eigenvalue weighted by Gasteiger charge is -2.47. The molecule has 0 radical (unpaired) electrons. The van der Waals surface area contributed by atoms with Crippen LogP contribution in [0.3, 0.4) is 0 Å². The van der Waals surface area contributed by atoms with E-state index in [1.807, 2.05) is 0 Å². The summed E-state index contributed by atoms with van der Waals surface area (Å²) in [6, 6.07) is -3.24. The summed E-state index contributed by atoms with van der Waals surface area (Å²) in [6.07, 6.45) is -5.96. The van der Waals surface area contributed by atoms with Gasteiger partial charge in [-0.1, -0.05) is 0 Å². The zero-order valence-corrected chi connectivity index (χ0v) is 17.7. The quantitative estimate of drug-likeness (QED) is 0.189. The van der Waals surface area contributed by atoms with E-state index in [1.165, 1.54) is 7.11 Å². The summed E-state index contributed by atoms with van der Waals surface area (Å²) in [5, 5.41) is 21.2. The minimum absolute atomic E-state index is 0.191. The van der Waals surface area contributed by atoms with Gasteiger partial charge in [-0.25, -0.2) is 0 Å². The second kappa shape index (κ2) is 10.6. The zero-order valence-electron chi connectivity index (χ0n) is 17.7. The van der Waals surface area contributed by atoms with E-state index in [4.69, 9.17) is 58.1 Å². The topological polar surface area (TPSA) is 243 Å². The lowest BCUT2D eigenvalue weighted by molar-refractivity contribution is -0.287. The van der Waals surface area contributed by atoms with Crippen LogP contribution in [0.4, 0.5) is 0 Å². The van der Waals surface area contributed by atoms with Gasteiger partial charge in [0.2, 0.25) is 0 Å². The summed E-state index contributed by atoms with van der Waals surface area (Å²) in [4.78, 5) is 0. The highest BCUT2D eigenvalue weighted by atomic mass is 16.7. The monoisotopic (exact) mass is 450 g/mol. The molecule has 2 saturated heterocycles. The van der Waals surface area contributed by atoms with Crippen LogP contribution >= 0.6 is 0 Å². The summed E-state index contributed by atoms with van der Waals surface area (Å²) in [6.45, 7) is 0.385. The number of aliphatic hydroxyl groups excluding tert-OH is 2. The van der Waals surface area contributed by atoms with Crippen LogP contribution in [0, 0.1) is 0 Å². The molecule has 0 amide bonds. The fourth-order valence-corrected chi connectivity index (χ4v) is 4.36. The van der Waals surface area contributed by atoms with Gasteiger partial charge in [-0.3, -0.25) is 0 Å². The van der Waals surface area contributed by atoms with E-state index in [9.17, 15) is 10.2 Å². The predicted molar refractivity (Wildman–Crippen MR) is 109 cm³/mol. The van der Waals surface area contributed by atoms with E-state index in [0.29, 0.717) is 12.8 Å². The standard InChI is InChI=1S/C18H38N6O7/c1-27-10-5-28-17(13(24)12(10)23)30-15-7(20)3-8(21)16(14(15)26)31-18-11(22)9(25)2-6(4-19)29-18/h6-18,25-26H,2-5,19-24H2,1H3/t6-,7+,8-,9-,10+,11+,12-,13-,14+,15-,16+,17+,18+/m0/s1. The Labute approximate surface area is 181 Å².